The number of amides is 1. The molecule has 1 aromatic heterocycles. The van der Waals surface area contributed by atoms with E-state index >= 15 is 0 Å². The zero-order chi connectivity index (χ0) is 19.4. The van der Waals surface area contributed by atoms with Crippen molar-refractivity contribution < 1.29 is 18.7 Å². The molecule has 1 aliphatic rings. The van der Waals surface area contributed by atoms with Crippen LogP contribution in [-0.4, -0.2) is 18.5 Å². The number of esters is 1. The summed E-state index contributed by atoms with van der Waals surface area (Å²) < 4.78 is 19.2. The minimum atomic E-state index is -0.919. The summed E-state index contributed by atoms with van der Waals surface area (Å²) in [5.41, 5.74) is 1.27. The summed E-state index contributed by atoms with van der Waals surface area (Å²) in [7, 11) is 0. The Labute approximate surface area is 168 Å². The Hall–Kier alpha value is -2.24. The maximum atomic E-state index is 13.8. The van der Waals surface area contributed by atoms with Gasteiger partial charge < -0.3 is 10.1 Å². The zero-order valence-corrected chi connectivity index (χ0v) is 16.7. The summed E-state index contributed by atoms with van der Waals surface area (Å²) in [6, 6.07) is 6.11. The molecule has 1 amide bonds. The van der Waals surface area contributed by atoms with Gasteiger partial charge in [-0.3, -0.25) is 4.79 Å². The second-order valence-corrected chi connectivity index (χ2v) is 8.15. The third-order valence-corrected chi connectivity index (χ3v) is 5.97. The molecule has 0 unspecified atom stereocenters. The number of hydrogen-bond donors (Lipinski definition) is 1. The van der Waals surface area contributed by atoms with Crippen LogP contribution in [0.2, 0.25) is 0 Å². The molecule has 1 aromatic carbocycles. The summed E-state index contributed by atoms with van der Waals surface area (Å²) in [5.74, 6) is -2.21. The molecule has 2 aromatic rings. The van der Waals surface area contributed by atoms with Crippen molar-refractivity contribution in [2.24, 2.45) is 0 Å². The Morgan fingerprint density at radius 3 is 2.81 bits per heavy atom. The monoisotopic (exact) mass is 450 g/mol. The van der Waals surface area contributed by atoms with E-state index in [1.807, 2.05) is 0 Å². The fraction of sp³-hybridized carbons (Fsp3) is 0.316. The minimum Gasteiger partial charge on any atom is -0.452 e. The number of nitrogens with zero attached hydrogens (tertiary/aromatic N) is 1. The number of carbonyl (C=O) groups excluding carboxylic acids is 2. The van der Waals surface area contributed by atoms with Crippen LogP contribution in [0.25, 0.3) is 0 Å². The number of nitrogens with one attached hydrogen (secondary N) is 1. The van der Waals surface area contributed by atoms with Gasteiger partial charge in [0.25, 0.3) is 5.91 Å². The number of hydrogen-bond acceptors (Lipinski definition) is 5. The van der Waals surface area contributed by atoms with E-state index in [9.17, 15) is 19.2 Å². The molecule has 8 heteroatoms. The van der Waals surface area contributed by atoms with Crippen molar-refractivity contribution in [3.05, 3.63) is 50.1 Å². The first-order chi connectivity index (χ1) is 13.0. The Morgan fingerprint density at radius 1 is 1.30 bits per heavy atom. The molecule has 0 aliphatic heterocycles. The quantitative estimate of drug-likeness (QED) is 0.545. The number of fused-ring (bicyclic) bond motifs is 1. The summed E-state index contributed by atoms with van der Waals surface area (Å²) in [5, 5.41) is 12.6. The predicted octanol–water partition coefficient (Wildman–Crippen LogP) is 4.59. The number of carbonyl (C=O) groups is 2. The smallest absolute Gasteiger partial charge is 0.341 e. The molecule has 1 N–H and O–H groups in total. The number of anilines is 1. The lowest BCUT2D eigenvalue weighted by Crippen LogP contribution is -2.21. The SMILES string of the molecule is N#Cc1c(NC(=O)COC(=O)c2ccc(Br)cc2F)sc2c1CCCCC2. The minimum absolute atomic E-state index is 0.244. The molecule has 0 saturated heterocycles. The molecule has 0 spiro atoms. The van der Waals surface area contributed by atoms with Gasteiger partial charge in [0.05, 0.1) is 11.1 Å². The first-order valence-corrected chi connectivity index (χ1v) is 10.1. The van der Waals surface area contributed by atoms with Crippen LogP contribution in [0.5, 0.6) is 0 Å². The third-order valence-electron chi connectivity index (χ3n) is 4.27. The maximum Gasteiger partial charge on any atom is 0.341 e. The van der Waals surface area contributed by atoms with Crippen LogP contribution in [0.4, 0.5) is 9.39 Å². The highest BCUT2D eigenvalue weighted by atomic mass is 79.9. The predicted molar refractivity (Wildman–Crippen MR) is 103 cm³/mol. The van der Waals surface area contributed by atoms with E-state index in [4.69, 9.17) is 4.74 Å². The topological polar surface area (TPSA) is 79.2 Å². The van der Waals surface area contributed by atoms with Crippen LogP contribution < -0.4 is 5.32 Å². The van der Waals surface area contributed by atoms with Gasteiger partial charge in [0.1, 0.15) is 16.9 Å². The van der Waals surface area contributed by atoms with Crippen LogP contribution >= 0.6 is 27.3 Å². The Balaban J connectivity index is 1.64. The summed E-state index contributed by atoms with van der Waals surface area (Å²) in [6.07, 6.45) is 4.98. The molecule has 0 bridgehead atoms. The van der Waals surface area contributed by atoms with E-state index in [2.05, 4.69) is 27.3 Å². The number of aryl methyl sites for hydroxylation is 1. The maximum absolute atomic E-state index is 13.8. The van der Waals surface area contributed by atoms with Gasteiger partial charge in [-0.1, -0.05) is 22.4 Å². The number of benzene rings is 1. The van der Waals surface area contributed by atoms with Crippen molar-refractivity contribution in [3.63, 3.8) is 0 Å². The number of nitriles is 1. The molecule has 0 fully saturated rings. The van der Waals surface area contributed by atoms with E-state index in [-0.39, 0.29) is 5.56 Å². The first kappa shape index (κ1) is 19.5. The van der Waals surface area contributed by atoms with Crippen LogP contribution in [0.15, 0.2) is 22.7 Å². The highest BCUT2D eigenvalue weighted by Crippen LogP contribution is 2.36. The van der Waals surface area contributed by atoms with E-state index in [1.54, 1.807) is 0 Å². The lowest BCUT2D eigenvalue weighted by Gasteiger charge is -2.07. The molecule has 0 radical (unpaired) electrons. The third kappa shape index (κ3) is 4.54. The van der Waals surface area contributed by atoms with Crippen LogP contribution in [-0.2, 0) is 22.4 Å². The van der Waals surface area contributed by atoms with Crippen molar-refractivity contribution in [2.75, 3.05) is 11.9 Å². The van der Waals surface area contributed by atoms with E-state index in [0.29, 0.717) is 15.0 Å². The molecule has 140 valence electrons. The van der Waals surface area contributed by atoms with Gasteiger partial charge in [0.15, 0.2) is 6.61 Å². The van der Waals surface area contributed by atoms with Crippen LogP contribution in [0.3, 0.4) is 0 Å². The molecule has 0 saturated carbocycles. The molecule has 1 aliphatic carbocycles. The lowest BCUT2D eigenvalue weighted by molar-refractivity contribution is -0.119. The first-order valence-electron chi connectivity index (χ1n) is 8.46. The molecular weight excluding hydrogens is 435 g/mol. The van der Waals surface area contributed by atoms with Crippen LogP contribution in [0.1, 0.15) is 45.6 Å². The van der Waals surface area contributed by atoms with Crippen molar-refractivity contribution in [1.29, 1.82) is 5.26 Å². The van der Waals surface area contributed by atoms with Gasteiger partial charge in [0, 0.05) is 9.35 Å². The highest BCUT2D eigenvalue weighted by Gasteiger charge is 2.22. The van der Waals surface area contributed by atoms with Crippen molar-refractivity contribution in [3.8, 4) is 6.07 Å². The van der Waals surface area contributed by atoms with Gasteiger partial charge in [0.2, 0.25) is 0 Å². The van der Waals surface area contributed by atoms with E-state index in [0.717, 1.165) is 48.6 Å². The zero-order valence-electron chi connectivity index (χ0n) is 14.3. The molecule has 5 nitrogen and oxygen atoms in total. The molecular formula is C19H16BrFN2O3S. The van der Waals surface area contributed by atoms with Gasteiger partial charge in [-0.25, -0.2) is 9.18 Å². The van der Waals surface area contributed by atoms with Gasteiger partial charge in [-0.05, 0) is 49.4 Å². The lowest BCUT2D eigenvalue weighted by atomic mass is 10.1. The van der Waals surface area contributed by atoms with Crippen molar-refractivity contribution >= 4 is 44.1 Å². The Morgan fingerprint density at radius 2 is 2.07 bits per heavy atom. The fourth-order valence-corrected chi connectivity index (χ4v) is 4.56. The Kier molecular flexibility index (Phi) is 6.24. The van der Waals surface area contributed by atoms with E-state index in [1.165, 1.54) is 23.5 Å². The van der Waals surface area contributed by atoms with E-state index < -0.39 is 24.3 Å². The van der Waals surface area contributed by atoms with Gasteiger partial charge >= 0.3 is 5.97 Å². The van der Waals surface area contributed by atoms with Crippen LogP contribution in [0, 0.1) is 17.1 Å². The standard InChI is InChI=1S/C19H16BrFN2O3S/c20-11-6-7-13(15(21)8-11)19(25)26-10-17(24)23-18-14(9-22)12-4-2-1-3-5-16(12)27-18/h6-8H,1-5,10H2,(H,23,24). The summed E-state index contributed by atoms with van der Waals surface area (Å²) in [6.45, 7) is -0.554. The van der Waals surface area contributed by atoms with Gasteiger partial charge in [-0.2, -0.15) is 5.26 Å². The fourth-order valence-electron chi connectivity index (χ4n) is 2.98. The average molecular weight is 451 g/mol. The largest absolute Gasteiger partial charge is 0.452 e. The normalized spacial score (nSPS) is 13.2. The van der Waals surface area contributed by atoms with Crippen molar-refractivity contribution in [1.82, 2.24) is 0 Å². The number of ether oxygens (including phenoxy) is 1. The van der Waals surface area contributed by atoms with Gasteiger partial charge in [-0.15, -0.1) is 11.3 Å². The molecule has 27 heavy (non-hydrogen) atoms. The number of rotatable bonds is 4. The summed E-state index contributed by atoms with van der Waals surface area (Å²) >= 11 is 4.51. The second-order valence-electron chi connectivity index (χ2n) is 6.13. The number of halogens is 2. The summed E-state index contributed by atoms with van der Waals surface area (Å²) in [4.78, 5) is 25.2. The average Bonchev–Trinajstić information content (AvgIpc) is 2.79. The number of thiophene rings is 1. The highest BCUT2D eigenvalue weighted by molar-refractivity contribution is 9.10. The Bertz CT molecular complexity index is 936. The molecule has 3 rings (SSSR count). The molecule has 1 heterocycles. The molecule has 0 atom stereocenters. The second kappa shape index (κ2) is 8.63. The van der Waals surface area contributed by atoms with Crippen molar-refractivity contribution in [2.45, 2.75) is 32.1 Å².